The van der Waals surface area contributed by atoms with Crippen LogP contribution in [-0.4, -0.2) is 29.3 Å². The first-order valence-electron chi connectivity index (χ1n) is 8.62. The maximum absolute atomic E-state index is 13.7. The van der Waals surface area contributed by atoms with E-state index in [0.29, 0.717) is 21.9 Å². The number of hydrogen-bond donors (Lipinski definition) is 1. The lowest BCUT2D eigenvalue weighted by molar-refractivity contribution is -0.143. The Balaban J connectivity index is 1.81. The largest absolute Gasteiger partial charge is 0.496 e. The molecule has 1 heterocycles. The lowest BCUT2D eigenvalue weighted by Crippen LogP contribution is -2.28. The molecule has 3 rings (SSSR count). The molecular formula is C20H17ClF3N3O2. The van der Waals surface area contributed by atoms with Crippen molar-refractivity contribution in [1.82, 2.24) is 15.1 Å². The van der Waals surface area contributed by atoms with Crippen molar-refractivity contribution >= 4 is 17.5 Å². The van der Waals surface area contributed by atoms with Gasteiger partial charge in [-0.15, -0.1) is 0 Å². The zero-order chi connectivity index (χ0) is 21.0. The van der Waals surface area contributed by atoms with E-state index >= 15 is 0 Å². The minimum absolute atomic E-state index is 0.141. The SMILES string of the molecule is COc1ccccc1CCNC(=O)c1cnn(-c2ccc(Cl)cc2)c1C(F)(F)F. The molecule has 2 aromatic carbocycles. The Labute approximate surface area is 170 Å². The Morgan fingerprint density at radius 3 is 2.52 bits per heavy atom. The molecule has 29 heavy (non-hydrogen) atoms. The van der Waals surface area contributed by atoms with Crippen LogP contribution in [0.15, 0.2) is 54.7 Å². The first-order chi connectivity index (χ1) is 13.8. The highest BCUT2D eigenvalue weighted by Crippen LogP contribution is 2.33. The molecule has 1 N–H and O–H groups in total. The number of benzene rings is 2. The van der Waals surface area contributed by atoms with Crippen molar-refractivity contribution in [1.29, 1.82) is 0 Å². The Bertz CT molecular complexity index is 1000. The summed E-state index contributed by atoms with van der Waals surface area (Å²) in [5.41, 5.74) is -0.708. The summed E-state index contributed by atoms with van der Waals surface area (Å²) in [4.78, 5) is 12.4. The molecule has 0 aliphatic carbocycles. The molecule has 0 aliphatic rings. The Hall–Kier alpha value is -3.00. The molecule has 0 unspecified atom stereocenters. The smallest absolute Gasteiger partial charge is 0.434 e. The average molecular weight is 424 g/mol. The Morgan fingerprint density at radius 1 is 1.17 bits per heavy atom. The molecule has 152 valence electrons. The molecule has 1 aromatic heterocycles. The summed E-state index contributed by atoms with van der Waals surface area (Å²) >= 11 is 5.79. The van der Waals surface area contributed by atoms with Crippen LogP contribution in [-0.2, 0) is 12.6 Å². The third-order valence-corrected chi connectivity index (χ3v) is 4.48. The van der Waals surface area contributed by atoms with Crippen molar-refractivity contribution in [2.24, 2.45) is 0 Å². The van der Waals surface area contributed by atoms with Gasteiger partial charge in [0.1, 0.15) is 5.75 Å². The molecule has 0 atom stereocenters. The van der Waals surface area contributed by atoms with E-state index in [0.717, 1.165) is 11.8 Å². The zero-order valence-electron chi connectivity index (χ0n) is 15.3. The van der Waals surface area contributed by atoms with Crippen LogP contribution in [0.4, 0.5) is 13.2 Å². The van der Waals surface area contributed by atoms with Crippen LogP contribution in [0.25, 0.3) is 5.69 Å². The molecule has 0 saturated carbocycles. The summed E-state index contributed by atoms with van der Waals surface area (Å²) < 4.78 is 46.9. The van der Waals surface area contributed by atoms with E-state index in [2.05, 4.69) is 10.4 Å². The van der Waals surface area contributed by atoms with Gasteiger partial charge in [-0.2, -0.15) is 18.3 Å². The number of ether oxygens (including phenoxy) is 1. The summed E-state index contributed by atoms with van der Waals surface area (Å²) in [5.74, 6) is -0.208. The molecule has 9 heteroatoms. The first kappa shape index (κ1) is 20.7. The van der Waals surface area contributed by atoms with Crippen molar-refractivity contribution in [2.75, 3.05) is 13.7 Å². The molecule has 0 spiro atoms. The van der Waals surface area contributed by atoms with Gasteiger partial charge in [-0.1, -0.05) is 29.8 Å². The lowest BCUT2D eigenvalue weighted by atomic mass is 10.1. The molecular weight excluding hydrogens is 407 g/mol. The van der Waals surface area contributed by atoms with Gasteiger partial charge in [0.05, 0.1) is 24.6 Å². The summed E-state index contributed by atoms with van der Waals surface area (Å²) in [5, 5.41) is 6.66. The highest BCUT2D eigenvalue weighted by molar-refractivity contribution is 6.30. The van der Waals surface area contributed by atoms with Crippen molar-refractivity contribution in [2.45, 2.75) is 12.6 Å². The van der Waals surface area contributed by atoms with Crippen LogP contribution in [0, 0.1) is 0 Å². The number of carbonyl (C=O) groups excluding carboxylic acids is 1. The van der Waals surface area contributed by atoms with Gasteiger partial charge in [0.15, 0.2) is 5.69 Å². The Kier molecular flexibility index (Phi) is 6.12. The van der Waals surface area contributed by atoms with Gasteiger partial charge >= 0.3 is 6.18 Å². The monoisotopic (exact) mass is 423 g/mol. The fraction of sp³-hybridized carbons (Fsp3) is 0.200. The van der Waals surface area contributed by atoms with Crippen molar-refractivity contribution in [3.8, 4) is 11.4 Å². The van der Waals surface area contributed by atoms with E-state index in [-0.39, 0.29) is 12.2 Å². The van der Waals surface area contributed by atoms with Crippen molar-refractivity contribution in [3.63, 3.8) is 0 Å². The number of halogens is 4. The number of para-hydroxylation sites is 1. The third kappa shape index (κ3) is 4.71. The molecule has 0 bridgehead atoms. The van der Waals surface area contributed by atoms with E-state index in [1.54, 1.807) is 6.07 Å². The summed E-state index contributed by atoms with van der Waals surface area (Å²) in [6.45, 7) is 0.141. The molecule has 0 aliphatic heterocycles. The van der Waals surface area contributed by atoms with Gasteiger partial charge in [-0.25, -0.2) is 4.68 Å². The second kappa shape index (κ2) is 8.57. The maximum atomic E-state index is 13.7. The zero-order valence-corrected chi connectivity index (χ0v) is 16.1. The predicted molar refractivity (Wildman–Crippen MR) is 103 cm³/mol. The van der Waals surface area contributed by atoms with Crippen LogP contribution in [0.2, 0.25) is 5.02 Å². The minimum atomic E-state index is -4.77. The third-order valence-electron chi connectivity index (χ3n) is 4.23. The molecule has 3 aromatic rings. The topological polar surface area (TPSA) is 56.1 Å². The van der Waals surface area contributed by atoms with Crippen LogP contribution in [0.1, 0.15) is 21.6 Å². The number of nitrogens with zero attached hydrogens (tertiary/aromatic N) is 2. The summed E-state index contributed by atoms with van der Waals surface area (Å²) in [6, 6.07) is 12.9. The van der Waals surface area contributed by atoms with Crippen LogP contribution in [0.5, 0.6) is 5.75 Å². The number of methoxy groups -OCH3 is 1. The molecule has 0 fully saturated rings. The van der Waals surface area contributed by atoms with E-state index in [1.807, 2.05) is 18.2 Å². The van der Waals surface area contributed by atoms with Crippen LogP contribution < -0.4 is 10.1 Å². The number of nitrogens with one attached hydrogen (secondary N) is 1. The molecule has 0 radical (unpaired) electrons. The van der Waals surface area contributed by atoms with Gasteiger partial charge in [-0.3, -0.25) is 4.79 Å². The average Bonchev–Trinajstić information content (AvgIpc) is 3.14. The highest BCUT2D eigenvalue weighted by Gasteiger charge is 2.40. The van der Waals surface area contributed by atoms with Gasteiger partial charge in [-0.05, 0) is 42.3 Å². The number of rotatable bonds is 6. The predicted octanol–water partition coefficient (Wildman–Crippen LogP) is 4.53. The second-order valence-corrected chi connectivity index (χ2v) is 6.55. The molecule has 1 amide bonds. The van der Waals surface area contributed by atoms with Gasteiger partial charge in [0, 0.05) is 11.6 Å². The van der Waals surface area contributed by atoms with E-state index in [1.165, 1.54) is 31.4 Å². The van der Waals surface area contributed by atoms with Crippen LogP contribution >= 0.6 is 11.6 Å². The van der Waals surface area contributed by atoms with Crippen molar-refractivity contribution < 1.29 is 22.7 Å². The highest BCUT2D eigenvalue weighted by atomic mass is 35.5. The fourth-order valence-electron chi connectivity index (χ4n) is 2.88. The molecule has 0 saturated heterocycles. The Morgan fingerprint density at radius 2 is 1.86 bits per heavy atom. The number of amides is 1. The van der Waals surface area contributed by atoms with Gasteiger partial charge < -0.3 is 10.1 Å². The standard InChI is InChI=1S/C20H17ClF3N3O2/c1-29-17-5-3-2-4-13(17)10-11-25-19(28)16-12-26-27(18(16)20(22,23)24)15-8-6-14(21)7-9-15/h2-9,12H,10-11H2,1H3,(H,25,28). The number of alkyl halides is 3. The van der Waals surface area contributed by atoms with Gasteiger partial charge in [0.25, 0.3) is 5.91 Å². The van der Waals surface area contributed by atoms with E-state index in [4.69, 9.17) is 16.3 Å². The number of carbonyl (C=O) groups is 1. The number of hydrogen-bond acceptors (Lipinski definition) is 3. The van der Waals surface area contributed by atoms with E-state index in [9.17, 15) is 18.0 Å². The summed E-state index contributed by atoms with van der Waals surface area (Å²) in [6.07, 6.45) is -3.45. The number of aromatic nitrogens is 2. The fourth-order valence-corrected chi connectivity index (χ4v) is 3.01. The van der Waals surface area contributed by atoms with Crippen molar-refractivity contribution in [3.05, 3.63) is 76.6 Å². The second-order valence-electron chi connectivity index (χ2n) is 6.11. The normalized spacial score (nSPS) is 11.3. The first-order valence-corrected chi connectivity index (χ1v) is 9.00. The van der Waals surface area contributed by atoms with E-state index < -0.39 is 23.3 Å². The quantitative estimate of drug-likeness (QED) is 0.634. The maximum Gasteiger partial charge on any atom is 0.434 e. The molecule has 5 nitrogen and oxygen atoms in total. The van der Waals surface area contributed by atoms with Gasteiger partial charge in [0.2, 0.25) is 0 Å². The lowest BCUT2D eigenvalue weighted by Gasteiger charge is -2.13. The summed E-state index contributed by atoms with van der Waals surface area (Å²) in [7, 11) is 1.53. The van der Waals surface area contributed by atoms with Crippen LogP contribution in [0.3, 0.4) is 0 Å². The minimum Gasteiger partial charge on any atom is -0.496 e.